The number of guanidine groups is 1. The van der Waals surface area contributed by atoms with Crippen LogP contribution in [0.25, 0.3) is 0 Å². The average molecular weight is 332 g/mol. The van der Waals surface area contributed by atoms with Gasteiger partial charge in [0.2, 0.25) is 5.91 Å². The molecule has 3 N–H and O–H groups in total. The summed E-state index contributed by atoms with van der Waals surface area (Å²) in [4.78, 5) is 18.2. The number of nitrogens with one attached hydrogen (secondary N) is 1. The summed E-state index contributed by atoms with van der Waals surface area (Å²) in [5, 5.41) is 3.12. The molecule has 2 rings (SSSR count). The van der Waals surface area contributed by atoms with Crippen molar-refractivity contribution in [2.75, 3.05) is 32.1 Å². The first-order chi connectivity index (χ1) is 11.7. The molecule has 1 heterocycles. The number of anilines is 1. The second-order valence-electron chi connectivity index (χ2n) is 6.03. The Morgan fingerprint density at radius 2 is 2.17 bits per heavy atom. The second kappa shape index (κ2) is 9.93. The zero-order valence-electron chi connectivity index (χ0n) is 14.5. The van der Waals surface area contributed by atoms with E-state index in [0.717, 1.165) is 50.0 Å². The Morgan fingerprint density at radius 1 is 1.33 bits per heavy atom. The topological polar surface area (TPSA) is 80.0 Å². The van der Waals surface area contributed by atoms with Crippen LogP contribution in [-0.4, -0.2) is 43.5 Å². The molecule has 1 aromatic rings. The molecule has 0 aliphatic carbocycles. The SMILES string of the molecule is COCc1ccccc1NC(N)=NCCCN1CCCCCC1=O. The molecular formula is C18H28N4O2. The van der Waals surface area contributed by atoms with Crippen LogP contribution in [0, 0.1) is 0 Å². The number of para-hydroxylation sites is 1. The van der Waals surface area contributed by atoms with Crippen LogP contribution >= 0.6 is 0 Å². The van der Waals surface area contributed by atoms with Gasteiger partial charge in [-0.25, -0.2) is 0 Å². The number of likely N-dealkylation sites (tertiary alicyclic amines) is 1. The number of hydrogen-bond donors (Lipinski definition) is 2. The van der Waals surface area contributed by atoms with E-state index in [2.05, 4.69) is 10.3 Å². The fraction of sp³-hybridized carbons (Fsp3) is 0.556. The molecule has 6 heteroatoms. The Bertz CT molecular complexity index is 560. The van der Waals surface area contributed by atoms with Crippen molar-refractivity contribution in [2.24, 2.45) is 10.7 Å². The lowest BCUT2D eigenvalue weighted by Gasteiger charge is -2.19. The number of aliphatic imine (C=N–C) groups is 1. The Kier molecular flexibility index (Phi) is 7.55. The normalized spacial score (nSPS) is 16.1. The van der Waals surface area contributed by atoms with Gasteiger partial charge in [-0.05, 0) is 25.3 Å². The number of benzene rings is 1. The average Bonchev–Trinajstić information content (AvgIpc) is 2.78. The largest absolute Gasteiger partial charge is 0.380 e. The minimum absolute atomic E-state index is 0.274. The number of nitrogens with zero attached hydrogens (tertiary/aromatic N) is 2. The highest BCUT2D eigenvalue weighted by Crippen LogP contribution is 2.15. The molecule has 0 radical (unpaired) electrons. The van der Waals surface area contributed by atoms with Crippen LogP contribution in [0.5, 0.6) is 0 Å². The highest BCUT2D eigenvalue weighted by atomic mass is 16.5. The van der Waals surface area contributed by atoms with Gasteiger partial charge in [0, 0.05) is 44.4 Å². The number of hydrogen-bond acceptors (Lipinski definition) is 3. The lowest BCUT2D eigenvalue weighted by molar-refractivity contribution is -0.130. The van der Waals surface area contributed by atoms with Gasteiger partial charge in [-0.2, -0.15) is 0 Å². The first-order valence-electron chi connectivity index (χ1n) is 8.62. The number of methoxy groups -OCH3 is 1. The molecule has 0 atom stereocenters. The number of ether oxygens (including phenoxy) is 1. The highest BCUT2D eigenvalue weighted by molar-refractivity contribution is 5.92. The van der Waals surface area contributed by atoms with Crippen molar-refractivity contribution in [3.8, 4) is 0 Å². The molecule has 1 fully saturated rings. The third-order valence-corrected chi connectivity index (χ3v) is 4.12. The van der Waals surface area contributed by atoms with E-state index in [4.69, 9.17) is 10.5 Å². The maximum atomic E-state index is 11.9. The molecule has 0 spiro atoms. The van der Waals surface area contributed by atoms with E-state index in [0.29, 0.717) is 25.5 Å². The number of amides is 1. The molecule has 0 saturated carbocycles. The third kappa shape index (κ3) is 5.85. The molecule has 0 bridgehead atoms. The standard InChI is InChI=1S/C18H28N4O2/c1-24-14-15-8-4-5-9-16(15)21-18(19)20-11-7-13-22-12-6-2-3-10-17(22)23/h4-5,8-9H,2-3,6-7,10-14H2,1H3,(H3,19,20,21). The molecule has 1 saturated heterocycles. The van der Waals surface area contributed by atoms with Crippen molar-refractivity contribution in [3.63, 3.8) is 0 Å². The molecule has 1 aliphatic rings. The first-order valence-corrected chi connectivity index (χ1v) is 8.62. The van der Waals surface area contributed by atoms with Crippen molar-refractivity contribution >= 4 is 17.6 Å². The lowest BCUT2D eigenvalue weighted by Crippen LogP contribution is -2.31. The van der Waals surface area contributed by atoms with Crippen molar-refractivity contribution in [2.45, 2.75) is 38.7 Å². The fourth-order valence-electron chi connectivity index (χ4n) is 2.84. The van der Waals surface area contributed by atoms with Crippen LogP contribution in [0.4, 0.5) is 5.69 Å². The zero-order chi connectivity index (χ0) is 17.2. The monoisotopic (exact) mass is 332 g/mol. The van der Waals surface area contributed by atoms with E-state index in [9.17, 15) is 4.79 Å². The summed E-state index contributed by atoms with van der Waals surface area (Å²) in [6, 6.07) is 7.85. The van der Waals surface area contributed by atoms with Crippen molar-refractivity contribution < 1.29 is 9.53 Å². The van der Waals surface area contributed by atoms with Crippen LogP contribution in [0.1, 0.15) is 37.7 Å². The highest BCUT2D eigenvalue weighted by Gasteiger charge is 2.15. The van der Waals surface area contributed by atoms with E-state index in [1.54, 1.807) is 7.11 Å². The van der Waals surface area contributed by atoms with E-state index in [1.165, 1.54) is 0 Å². The van der Waals surface area contributed by atoms with Gasteiger partial charge in [0.05, 0.1) is 6.61 Å². The fourth-order valence-corrected chi connectivity index (χ4v) is 2.84. The van der Waals surface area contributed by atoms with Crippen LogP contribution in [0.3, 0.4) is 0 Å². The molecule has 24 heavy (non-hydrogen) atoms. The summed E-state index contributed by atoms with van der Waals surface area (Å²) in [7, 11) is 1.67. The predicted molar refractivity (Wildman–Crippen MR) is 96.9 cm³/mol. The zero-order valence-corrected chi connectivity index (χ0v) is 14.5. The summed E-state index contributed by atoms with van der Waals surface area (Å²) in [6.45, 7) is 2.76. The number of nitrogens with two attached hydrogens (primary N) is 1. The van der Waals surface area contributed by atoms with Crippen molar-refractivity contribution in [1.29, 1.82) is 0 Å². The maximum Gasteiger partial charge on any atom is 0.222 e. The molecule has 6 nitrogen and oxygen atoms in total. The van der Waals surface area contributed by atoms with Crippen LogP contribution < -0.4 is 11.1 Å². The van der Waals surface area contributed by atoms with Gasteiger partial charge in [-0.3, -0.25) is 9.79 Å². The van der Waals surface area contributed by atoms with Gasteiger partial charge in [0.25, 0.3) is 0 Å². The van der Waals surface area contributed by atoms with Crippen LogP contribution in [0.15, 0.2) is 29.3 Å². The summed E-state index contributed by atoms with van der Waals surface area (Å²) in [5.41, 5.74) is 7.90. The molecule has 1 amide bonds. The van der Waals surface area contributed by atoms with Gasteiger partial charge < -0.3 is 20.7 Å². The second-order valence-corrected chi connectivity index (χ2v) is 6.03. The smallest absolute Gasteiger partial charge is 0.222 e. The Labute approximate surface area is 144 Å². The number of carbonyl (C=O) groups is 1. The Hall–Kier alpha value is -2.08. The van der Waals surface area contributed by atoms with Gasteiger partial charge in [-0.1, -0.05) is 24.6 Å². The van der Waals surface area contributed by atoms with Gasteiger partial charge in [-0.15, -0.1) is 0 Å². The van der Waals surface area contributed by atoms with E-state index < -0.39 is 0 Å². The predicted octanol–water partition coefficient (Wildman–Crippen LogP) is 2.35. The van der Waals surface area contributed by atoms with Crippen LogP contribution in [0.2, 0.25) is 0 Å². The summed E-state index contributed by atoms with van der Waals surface area (Å²) >= 11 is 0. The molecule has 132 valence electrons. The molecule has 1 aromatic carbocycles. The molecule has 0 aromatic heterocycles. The quantitative estimate of drug-likeness (QED) is 0.456. The first kappa shape index (κ1) is 18.3. The number of carbonyl (C=O) groups excluding carboxylic acids is 1. The van der Waals surface area contributed by atoms with Crippen molar-refractivity contribution in [3.05, 3.63) is 29.8 Å². The van der Waals surface area contributed by atoms with Gasteiger partial charge in [0.1, 0.15) is 0 Å². The molecule has 0 unspecified atom stereocenters. The third-order valence-electron chi connectivity index (χ3n) is 4.12. The van der Waals surface area contributed by atoms with E-state index in [1.807, 2.05) is 29.2 Å². The summed E-state index contributed by atoms with van der Waals surface area (Å²) in [5.74, 6) is 0.664. The summed E-state index contributed by atoms with van der Waals surface area (Å²) in [6.07, 6.45) is 4.79. The minimum Gasteiger partial charge on any atom is -0.380 e. The van der Waals surface area contributed by atoms with Crippen LogP contribution in [-0.2, 0) is 16.1 Å². The van der Waals surface area contributed by atoms with E-state index >= 15 is 0 Å². The molecule has 1 aliphatic heterocycles. The van der Waals surface area contributed by atoms with Gasteiger partial charge in [0.15, 0.2) is 5.96 Å². The minimum atomic E-state index is 0.274. The Morgan fingerprint density at radius 3 is 3.00 bits per heavy atom. The molecular weight excluding hydrogens is 304 g/mol. The van der Waals surface area contributed by atoms with Crippen molar-refractivity contribution in [1.82, 2.24) is 4.90 Å². The maximum absolute atomic E-state index is 11.9. The van der Waals surface area contributed by atoms with Gasteiger partial charge >= 0.3 is 0 Å². The lowest BCUT2D eigenvalue weighted by atomic mass is 10.2. The number of rotatable bonds is 7. The summed E-state index contributed by atoms with van der Waals surface area (Å²) < 4.78 is 5.18. The van der Waals surface area contributed by atoms with E-state index in [-0.39, 0.29) is 5.91 Å². The Balaban J connectivity index is 1.78.